The molecule has 0 radical (unpaired) electrons. The molecule has 5 aromatic carbocycles. The number of rotatable bonds is 7. The summed E-state index contributed by atoms with van der Waals surface area (Å²) in [4.78, 5) is 18.4. The van der Waals surface area contributed by atoms with Crippen LogP contribution in [0, 0.1) is 11.3 Å². The maximum Gasteiger partial charge on any atom is 0.0991 e. The molecule has 0 spiro atoms. The van der Waals surface area contributed by atoms with Crippen LogP contribution in [-0.2, 0) is 0 Å². The van der Waals surface area contributed by atoms with Crippen LogP contribution < -0.4 is 0 Å². The number of pyridine rings is 4. The van der Waals surface area contributed by atoms with Gasteiger partial charge in [0.05, 0.1) is 23.0 Å². The van der Waals surface area contributed by atoms with Gasteiger partial charge in [-0.25, -0.2) is 4.98 Å². The first kappa shape index (κ1) is 33.9. The predicted molar refractivity (Wildman–Crippen MR) is 233 cm³/mol. The van der Waals surface area contributed by atoms with Crippen LogP contribution in [0.15, 0.2) is 189 Å². The summed E-state index contributed by atoms with van der Waals surface area (Å²) in [6, 6.07) is 55.2. The zero-order valence-electron chi connectivity index (χ0n) is 30.5. The summed E-state index contributed by atoms with van der Waals surface area (Å²) < 4.78 is 2.50. The van der Waals surface area contributed by atoms with E-state index in [9.17, 15) is 5.26 Å². The van der Waals surface area contributed by atoms with E-state index in [4.69, 9.17) is 4.98 Å². The van der Waals surface area contributed by atoms with Crippen molar-refractivity contribution in [2.24, 2.45) is 0 Å². The molecule has 0 fully saturated rings. The second-order valence-corrected chi connectivity index (χ2v) is 14.9. The summed E-state index contributed by atoms with van der Waals surface area (Å²) >= 11 is 1.85. The second kappa shape index (κ2) is 14.6. The van der Waals surface area contributed by atoms with Crippen LogP contribution in [0.3, 0.4) is 0 Å². The maximum atomic E-state index is 9.23. The van der Waals surface area contributed by atoms with Gasteiger partial charge < -0.3 is 0 Å². The number of hydrogen-bond donors (Lipinski definition) is 0. The van der Waals surface area contributed by atoms with Gasteiger partial charge in [-0.05, 0) is 123 Å². The molecule has 0 bridgehead atoms. The normalized spacial score (nSPS) is 11.1. The molecule has 10 aromatic rings. The monoisotopic (exact) mass is 745 g/mol. The van der Waals surface area contributed by atoms with Crippen molar-refractivity contribution < 1.29 is 0 Å². The Morgan fingerprint density at radius 3 is 1.37 bits per heavy atom. The summed E-state index contributed by atoms with van der Waals surface area (Å²) in [6.07, 6.45) is 11.0. The minimum atomic E-state index is 0.661. The number of fused-ring (bicyclic) bond motifs is 3. The summed E-state index contributed by atoms with van der Waals surface area (Å²) in [5.41, 5.74) is 15.4. The van der Waals surface area contributed by atoms with Gasteiger partial charge in [-0.3, -0.25) is 15.0 Å². The highest BCUT2D eigenvalue weighted by Crippen LogP contribution is 2.45. The molecule has 6 heteroatoms. The van der Waals surface area contributed by atoms with E-state index in [0.717, 1.165) is 61.5 Å². The van der Waals surface area contributed by atoms with Crippen molar-refractivity contribution in [2.75, 3.05) is 0 Å². The average Bonchev–Trinajstić information content (AvgIpc) is 3.69. The molecule has 5 aromatic heterocycles. The fourth-order valence-electron chi connectivity index (χ4n) is 7.53. The minimum absolute atomic E-state index is 0.661. The Balaban J connectivity index is 1.13. The van der Waals surface area contributed by atoms with Gasteiger partial charge in [0, 0.05) is 74.0 Å². The van der Waals surface area contributed by atoms with Crippen LogP contribution in [0.1, 0.15) is 5.56 Å². The van der Waals surface area contributed by atoms with E-state index in [0.29, 0.717) is 5.56 Å². The van der Waals surface area contributed by atoms with Crippen molar-refractivity contribution >= 4 is 31.5 Å². The van der Waals surface area contributed by atoms with Crippen LogP contribution >= 0.6 is 11.3 Å². The lowest BCUT2D eigenvalue weighted by molar-refractivity contribution is 1.26. The number of nitriles is 1. The fourth-order valence-corrected chi connectivity index (χ4v) is 8.90. The maximum absolute atomic E-state index is 9.23. The van der Waals surface area contributed by atoms with Crippen LogP contribution in [-0.4, -0.2) is 19.9 Å². The third-order valence-electron chi connectivity index (χ3n) is 10.4. The fraction of sp³-hybridized carbons (Fsp3) is 0. The second-order valence-electron chi connectivity index (χ2n) is 13.9. The van der Waals surface area contributed by atoms with Crippen molar-refractivity contribution in [1.29, 1.82) is 5.26 Å². The molecule has 0 atom stereocenters. The highest BCUT2D eigenvalue weighted by Gasteiger charge is 2.17. The molecule has 266 valence electrons. The van der Waals surface area contributed by atoms with E-state index in [1.165, 1.54) is 36.9 Å². The Labute approximate surface area is 333 Å². The molecular weight excluding hydrogens is 715 g/mol. The van der Waals surface area contributed by atoms with Gasteiger partial charge in [0.2, 0.25) is 0 Å². The molecule has 0 aliphatic carbocycles. The number of aromatic nitrogens is 4. The Kier molecular flexibility index (Phi) is 8.68. The quantitative estimate of drug-likeness (QED) is 0.162. The van der Waals surface area contributed by atoms with Crippen LogP contribution in [0.2, 0.25) is 0 Å². The molecule has 0 saturated heterocycles. The first-order valence-electron chi connectivity index (χ1n) is 18.6. The molecule has 5 heterocycles. The smallest absolute Gasteiger partial charge is 0.0991 e. The molecule has 0 unspecified atom stereocenters. The van der Waals surface area contributed by atoms with Gasteiger partial charge in [-0.2, -0.15) is 5.26 Å². The topological polar surface area (TPSA) is 75.3 Å². The molecule has 0 saturated carbocycles. The minimum Gasteiger partial charge on any atom is -0.264 e. The van der Waals surface area contributed by atoms with Crippen LogP contribution in [0.4, 0.5) is 0 Å². The van der Waals surface area contributed by atoms with Crippen LogP contribution in [0.5, 0.6) is 0 Å². The summed E-state index contributed by atoms with van der Waals surface area (Å²) in [5.74, 6) is 0. The predicted octanol–water partition coefficient (Wildman–Crippen LogP) is 13.2. The lowest BCUT2D eigenvalue weighted by atomic mass is 9.92. The Morgan fingerprint density at radius 1 is 0.386 bits per heavy atom. The largest absolute Gasteiger partial charge is 0.264 e. The van der Waals surface area contributed by atoms with Gasteiger partial charge >= 0.3 is 0 Å². The Hall–Kier alpha value is -7.59. The van der Waals surface area contributed by atoms with Crippen molar-refractivity contribution in [1.82, 2.24) is 19.9 Å². The first-order chi connectivity index (χ1) is 28.2. The van der Waals surface area contributed by atoms with Gasteiger partial charge in [-0.1, -0.05) is 78.9 Å². The molecular formula is C51H31N5S. The highest BCUT2D eigenvalue weighted by atomic mass is 32.1. The van der Waals surface area contributed by atoms with E-state index >= 15 is 0 Å². The average molecular weight is 746 g/mol. The SMILES string of the molecule is N#Cc1ccc(-c2ccc(-c3cccc4c3sc3c(-c5cc(-c6cccnc6)cc(-c6cc(-c7cccnc7)nc(-c7cccnc7)c6)c5)cccc34)cc2)cc1. The number of nitrogens with zero attached hydrogens (tertiary/aromatic N) is 5. The number of hydrogen-bond acceptors (Lipinski definition) is 6. The van der Waals surface area contributed by atoms with Crippen molar-refractivity contribution in [2.45, 2.75) is 0 Å². The molecule has 57 heavy (non-hydrogen) atoms. The summed E-state index contributed by atoms with van der Waals surface area (Å²) in [5, 5.41) is 11.7. The van der Waals surface area contributed by atoms with Gasteiger partial charge in [0.25, 0.3) is 0 Å². The van der Waals surface area contributed by atoms with Crippen molar-refractivity contribution in [3.05, 3.63) is 194 Å². The van der Waals surface area contributed by atoms with E-state index < -0.39 is 0 Å². The van der Waals surface area contributed by atoms with Gasteiger partial charge in [0.15, 0.2) is 0 Å². The van der Waals surface area contributed by atoms with E-state index in [-0.39, 0.29) is 0 Å². The molecule has 10 rings (SSSR count). The number of benzene rings is 5. The molecule has 0 aliphatic rings. The van der Waals surface area contributed by atoms with Gasteiger partial charge in [-0.15, -0.1) is 11.3 Å². The first-order valence-corrected chi connectivity index (χ1v) is 19.4. The molecule has 0 aliphatic heterocycles. The lowest BCUT2D eigenvalue weighted by Gasteiger charge is -2.14. The lowest BCUT2D eigenvalue weighted by Crippen LogP contribution is -1.93. The van der Waals surface area contributed by atoms with Crippen molar-refractivity contribution in [3.63, 3.8) is 0 Å². The molecule has 5 nitrogen and oxygen atoms in total. The zero-order valence-corrected chi connectivity index (χ0v) is 31.4. The Bertz CT molecular complexity index is 3040. The molecule has 0 N–H and O–H groups in total. The summed E-state index contributed by atoms with van der Waals surface area (Å²) in [6.45, 7) is 0. The highest BCUT2D eigenvalue weighted by molar-refractivity contribution is 7.26. The van der Waals surface area contributed by atoms with Crippen molar-refractivity contribution in [3.8, 4) is 84.2 Å². The van der Waals surface area contributed by atoms with E-state index in [1.807, 2.05) is 90.7 Å². The zero-order chi connectivity index (χ0) is 38.1. The van der Waals surface area contributed by atoms with Crippen LogP contribution in [0.25, 0.3) is 98.3 Å². The van der Waals surface area contributed by atoms with E-state index in [2.05, 4.69) is 118 Å². The standard InChI is InChI=1S/C51H31N5S/c52-29-33-13-15-34(16-14-33)35-17-19-36(20-18-35)44-9-1-11-46-47-12-2-10-45(51(47)57-50(44)46)43-25-40(37-6-3-21-53-30-37)24-41(26-43)42-27-48(38-7-4-22-54-31-38)56-49(28-42)39-8-5-23-55-32-39/h1-28,30-32H. The summed E-state index contributed by atoms with van der Waals surface area (Å²) in [7, 11) is 0. The van der Waals surface area contributed by atoms with Gasteiger partial charge in [0.1, 0.15) is 0 Å². The third kappa shape index (κ3) is 6.53. The van der Waals surface area contributed by atoms with E-state index in [1.54, 1.807) is 12.4 Å². The number of thiophene rings is 1. The molecule has 0 amide bonds. The third-order valence-corrected chi connectivity index (χ3v) is 11.7. The Morgan fingerprint density at radius 2 is 0.842 bits per heavy atom.